The standard InChI is InChI=1S/C21H20ClNO4S2/c1-14-2-5-17(6-3-14)26-10-8-25-9-11-27-18-7-4-16(22)12-15(18)13-19-20(24)23-21(28)29-19/h2-7,12-13H,8-11H2,1H3,(H,23,24,28)/b19-13-. The van der Waals surface area contributed by atoms with E-state index in [0.29, 0.717) is 52.0 Å². The van der Waals surface area contributed by atoms with Crippen LogP contribution in [0.3, 0.4) is 0 Å². The summed E-state index contributed by atoms with van der Waals surface area (Å²) in [5.41, 5.74) is 1.90. The quantitative estimate of drug-likeness (QED) is 0.342. The van der Waals surface area contributed by atoms with Crippen molar-refractivity contribution >= 4 is 51.9 Å². The molecule has 1 heterocycles. The van der Waals surface area contributed by atoms with Gasteiger partial charge in [0.2, 0.25) is 0 Å². The fourth-order valence-corrected chi connectivity index (χ4v) is 3.71. The van der Waals surface area contributed by atoms with Crippen molar-refractivity contribution in [3.05, 3.63) is 63.5 Å². The summed E-state index contributed by atoms with van der Waals surface area (Å²) in [6, 6.07) is 13.1. The highest BCUT2D eigenvalue weighted by molar-refractivity contribution is 8.26. The lowest BCUT2D eigenvalue weighted by Crippen LogP contribution is -2.17. The molecule has 8 heteroatoms. The van der Waals surface area contributed by atoms with Crippen LogP contribution >= 0.6 is 35.6 Å². The van der Waals surface area contributed by atoms with Crippen LogP contribution in [0.1, 0.15) is 11.1 Å². The minimum absolute atomic E-state index is 0.220. The van der Waals surface area contributed by atoms with Crippen LogP contribution in [-0.4, -0.2) is 36.7 Å². The van der Waals surface area contributed by atoms with Crippen molar-refractivity contribution in [1.82, 2.24) is 5.32 Å². The number of rotatable bonds is 9. The van der Waals surface area contributed by atoms with Gasteiger partial charge in [0, 0.05) is 10.6 Å². The smallest absolute Gasteiger partial charge is 0.263 e. The van der Waals surface area contributed by atoms with E-state index >= 15 is 0 Å². The van der Waals surface area contributed by atoms with Crippen LogP contribution in [0, 0.1) is 6.92 Å². The largest absolute Gasteiger partial charge is 0.491 e. The molecule has 0 aliphatic carbocycles. The fraction of sp³-hybridized carbons (Fsp3) is 0.238. The molecule has 5 nitrogen and oxygen atoms in total. The molecule has 1 N–H and O–H groups in total. The van der Waals surface area contributed by atoms with Crippen LogP contribution in [0.2, 0.25) is 5.02 Å². The van der Waals surface area contributed by atoms with Gasteiger partial charge in [0.05, 0.1) is 18.1 Å². The number of carbonyl (C=O) groups is 1. The number of ether oxygens (including phenoxy) is 3. The molecule has 0 saturated carbocycles. The summed E-state index contributed by atoms with van der Waals surface area (Å²) in [7, 11) is 0. The van der Waals surface area contributed by atoms with E-state index in [1.165, 1.54) is 17.3 Å². The average molecular weight is 450 g/mol. The van der Waals surface area contributed by atoms with Gasteiger partial charge in [0.15, 0.2) is 0 Å². The molecule has 0 bridgehead atoms. The number of amides is 1. The van der Waals surface area contributed by atoms with Crippen LogP contribution in [0.5, 0.6) is 11.5 Å². The van der Waals surface area contributed by atoms with E-state index in [9.17, 15) is 4.79 Å². The fourth-order valence-electron chi connectivity index (χ4n) is 2.49. The van der Waals surface area contributed by atoms with E-state index in [-0.39, 0.29) is 5.91 Å². The van der Waals surface area contributed by atoms with Gasteiger partial charge in [-0.05, 0) is 43.3 Å². The molecule has 0 spiro atoms. The first-order chi connectivity index (χ1) is 14.0. The molecular weight excluding hydrogens is 430 g/mol. The third-order valence-corrected chi connectivity index (χ3v) is 5.30. The summed E-state index contributed by atoms with van der Waals surface area (Å²) >= 11 is 12.3. The second-order valence-corrected chi connectivity index (χ2v) is 8.31. The number of halogens is 1. The van der Waals surface area contributed by atoms with E-state index in [2.05, 4.69) is 5.32 Å². The van der Waals surface area contributed by atoms with E-state index in [0.717, 1.165) is 5.75 Å². The number of nitrogens with one attached hydrogen (secondary N) is 1. The first-order valence-electron chi connectivity index (χ1n) is 8.96. The number of hydrogen-bond donors (Lipinski definition) is 1. The van der Waals surface area contributed by atoms with Gasteiger partial charge in [-0.2, -0.15) is 0 Å². The molecular formula is C21H20ClNO4S2. The molecule has 29 heavy (non-hydrogen) atoms. The zero-order chi connectivity index (χ0) is 20.6. The highest BCUT2D eigenvalue weighted by atomic mass is 35.5. The van der Waals surface area contributed by atoms with Crippen LogP contribution in [0.4, 0.5) is 0 Å². The van der Waals surface area contributed by atoms with Crippen LogP contribution in [0.25, 0.3) is 6.08 Å². The lowest BCUT2D eigenvalue weighted by Gasteiger charge is -2.11. The van der Waals surface area contributed by atoms with Crippen molar-refractivity contribution in [2.45, 2.75) is 6.92 Å². The summed E-state index contributed by atoms with van der Waals surface area (Å²) in [6.07, 6.45) is 1.72. The van der Waals surface area contributed by atoms with E-state index in [1.807, 2.05) is 31.2 Å². The van der Waals surface area contributed by atoms with E-state index in [1.54, 1.807) is 24.3 Å². The maximum Gasteiger partial charge on any atom is 0.263 e. The lowest BCUT2D eigenvalue weighted by molar-refractivity contribution is -0.115. The second kappa shape index (κ2) is 10.6. The van der Waals surface area contributed by atoms with Gasteiger partial charge >= 0.3 is 0 Å². The topological polar surface area (TPSA) is 56.8 Å². The molecule has 0 radical (unpaired) electrons. The zero-order valence-corrected chi connectivity index (χ0v) is 18.2. The van der Waals surface area contributed by atoms with Crippen molar-refractivity contribution in [1.29, 1.82) is 0 Å². The molecule has 1 fully saturated rings. The number of thiocarbonyl (C=S) groups is 1. The molecule has 1 aliphatic rings. The Kier molecular flexibility index (Phi) is 7.94. The van der Waals surface area contributed by atoms with Crippen molar-refractivity contribution in [3.8, 4) is 11.5 Å². The number of hydrogen-bond acceptors (Lipinski definition) is 6. The molecule has 152 valence electrons. The maximum absolute atomic E-state index is 11.9. The normalized spacial score (nSPS) is 14.9. The Labute approximate surface area is 184 Å². The minimum Gasteiger partial charge on any atom is -0.491 e. The van der Waals surface area contributed by atoms with Crippen LogP contribution in [-0.2, 0) is 9.53 Å². The predicted molar refractivity (Wildman–Crippen MR) is 121 cm³/mol. The van der Waals surface area contributed by atoms with Crippen molar-refractivity contribution < 1.29 is 19.0 Å². The highest BCUT2D eigenvalue weighted by Crippen LogP contribution is 2.31. The average Bonchev–Trinajstić information content (AvgIpc) is 3.01. The van der Waals surface area contributed by atoms with Crippen molar-refractivity contribution in [3.63, 3.8) is 0 Å². The molecule has 2 aromatic carbocycles. The zero-order valence-electron chi connectivity index (χ0n) is 15.8. The lowest BCUT2D eigenvalue weighted by atomic mass is 10.2. The van der Waals surface area contributed by atoms with Crippen LogP contribution < -0.4 is 14.8 Å². The summed E-state index contributed by atoms with van der Waals surface area (Å²) in [5.74, 6) is 1.22. The van der Waals surface area contributed by atoms with Crippen molar-refractivity contribution in [2.75, 3.05) is 26.4 Å². The Bertz CT molecular complexity index is 915. The minimum atomic E-state index is -0.220. The predicted octanol–water partition coefficient (Wildman–Crippen LogP) is 4.61. The number of benzene rings is 2. The molecule has 1 amide bonds. The van der Waals surface area contributed by atoms with Gasteiger partial charge < -0.3 is 19.5 Å². The Balaban J connectivity index is 1.44. The summed E-state index contributed by atoms with van der Waals surface area (Å²) < 4.78 is 17.4. The number of thioether (sulfide) groups is 1. The van der Waals surface area contributed by atoms with Gasteiger partial charge in [-0.1, -0.05) is 53.3 Å². The van der Waals surface area contributed by atoms with E-state index < -0.39 is 0 Å². The Hall–Kier alpha value is -2.06. The van der Waals surface area contributed by atoms with Crippen molar-refractivity contribution in [2.24, 2.45) is 0 Å². The van der Waals surface area contributed by atoms with Gasteiger partial charge in [0.1, 0.15) is 29.0 Å². The summed E-state index contributed by atoms with van der Waals surface area (Å²) in [5, 5.41) is 3.14. The molecule has 0 aromatic heterocycles. The first-order valence-corrected chi connectivity index (χ1v) is 10.6. The van der Waals surface area contributed by atoms with Gasteiger partial charge in [-0.15, -0.1) is 0 Å². The SMILES string of the molecule is Cc1ccc(OCCOCCOc2ccc(Cl)cc2/C=C2\SC(=S)NC2=O)cc1. The Morgan fingerprint density at radius 1 is 1.07 bits per heavy atom. The second-order valence-electron chi connectivity index (χ2n) is 6.16. The molecule has 1 saturated heterocycles. The summed E-state index contributed by atoms with van der Waals surface area (Å²) in [6.45, 7) is 3.73. The molecule has 1 aliphatic heterocycles. The molecule has 2 aromatic rings. The Morgan fingerprint density at radius 2 is 1.79 bits per heavy atom. The third-order valence-electron chi connectivity index (χ3n) is 3.90. The maximum atomic E-state index is 11.9. The summed E-state index contributed by atoms with van der Waals surface area (Å²) in [4.78, 5) is 12.4. The first kappa shape index (κ1) is 21.6. The number of carbonyl (C=O) groups excluding carboxylic acids is 1. The van der Waals surface area contributed by atoms with Gasteiger partial charge in [-0.3, -0.25) is 4.79 Å². The van der Waals surface area contributed by atoms with E-state index in [4.69, 9.17) is 38.0 Å². The van der Waals surface area contributed by atoms with Crippen LogP contribution in [0.15, 0.2) is 47.4 Å². The molecule has 0 unspecified atom stereocenters. The molecule has 0 atom stereocenters. The monoisotopic (exact) mass is 449 g/mol. The Morgan fingerprint density at radius 3 is 2.48 bits per heavy atom. The third kappa shape index (κ3) is 6.75. The number of aryl methyl sites for hydroxylation is 1. The van der Waals surface area contributed by atoms with Gasteiger partial charge in [0.25, 0.3) is 5.91 Å². The molecule has 3 rings (SSSR count). The van der Waals surface area contributed by atoms with Gasteiger partial charge in [-0.25, -0.2) is 0 Å². The highest BCUT2D eigenvalue weighted by Gasteiger charge is 2.22.